The van der Waals surface area contributed by atoms with Crippen LogP contribution in [0.2, 0.25) is 0 Å². The molecule has 0 N–H and O–H groups in total. The topological polar surface area (TPSA) is 58.3 Å². The minimum Gasteiger partial charge on any atom is -0.300 e. The summed E-state index contributed by atoms with van der Waals surface area (Å²) in [6.07, 6.45) is 8.47. The second kappa shape index (κ2) is 65.2. The quantitative estimate of drug-likeness (QED) is 0.109. The summed E-state index contributed by atoms with van der Waals surface area (Å²) in [7, 11) is 0. The van der Waals surface area contributed by atoms with Gasteiger partial charge >= 0.3 is 0 Å². The molecule has 9 saturated heterocycles. The van der Waals surface area contributed by atoms with Crippen LogP contribution >= 0.6 is 0 Å². The molecule has 0 aromatic carbocycles. The maximum atomic E-state index is 13.6. The second-order valence-electron chi connectivity index (χ2n) is 47.1. The molecule has 0 amide bonds. The van der Waals surface area contributed by atoms with Gasteiger partial charge in [-0.3, -0.25) is 88.2 Å². The third-order valence-corrected chi connectivity index (χ3v) is 30.3. The van der Waals surface area contributed by atoms with E-state index in [4.69, 9.17) is 0 Å². The first-order chi connectivity index (χ1) is 59.5. The van der Waals surface area contributed by atoms with E-state index in [2.05, 4.69) is 400 Å². The largest absolute Gasteiger partial charge is 0.300 e. The van der Waals surface area contributed by atoms with Crippen LogP contribution in [0.15, 0.2) is 0 Å². The number of halogens is 1. The smallest absolute Gasteiger partial charge is 0.125 e. The number of piperazine rings is 3. The van der Waals surface area contributed by atoms with Crippen molar-refractivity contribution in [2.24, 2.45) is 11.3 Å². The lowest BCUT2D eigenvalue weighted by atomic mass is 9.84. The molecule has 19 heteroatoms. The van der Waals surface area contributed by atoms with Crippen molar-refractivity contribution in [3.63, 3.8) is 0 Å². The van der Waals surface area contributed by atoms with Crippen molar-refractivity contribution in [2.45, 2.75) is 508 Å². The van der Waals surface area contributed by atoms with Crippen LogP contribution in [0.1, 0.15) is 357 Å². The highest BCUT2D eigenvalue weighted by atomic mass is 19.1. The lowest BCUT2D eigenvalue weighted by molar-refractivity contribution is 0.0348. The Hall–Kier alpha value is -0.790. The van der Waals surface area contributed by atoms with E-state index in [0.29, 0.717) is 127 Å². The van der Waals surface area contributed by atoms with Gasteiger partial charge in [-0.05, 0) is 385 Å². The SMILES string of the molecule is CC(C)N1CCCN(C(C)C)CC1.CC(C)N1CCCN(C(C)C)[C@H](C(C)(C)C)C1.CC(C)N1CCCN(C(C)C)[C@H](C)C1.CC(C)N1CCN(C(C)C)CC(F)C1.CC(C)N1CCN(C(C)C)CC1.CC(C)N1CCN(C(C)C)[C@H](C)C1.CC(C)[C@@H]1CN(C(C)C)CCCN1C(C)C.CC[C@@H]1CN(C(C)C)CCCN1C(C)C.CC[C@@H]1CN(C(C)C)CCN1C(C)C. The number of nitrogens with zero attached hydrogens (tertiary/aromatic N) is 18. The first-order valence-corrected chi connectivity index (χ1v) is 54.6. The molecule has 0 radical (unpaired) electrons. The molecule has 0 aliphatic carbocycles. The molecule has 9 fully saturated rings. The van der Waals surface area contributed by atoms with Gasteiger partial charge in [0.05, 0.1) is 0 Å². The van der Waals surface area contributed by atoms with Crippen LogP contribution in [0.25, 0.3) is 0 Å². The summed E-state index contributed by atoms with van der Waals surface area (Å²) < 4.78 is 13.6. The van der Waals surface area contributed by atoms with Crippen LogP contribution in [0.4, 0.5) is 4.39 Å². The van der Waals surface area contributed by atoms with E-state index in [9.17, 15) is 4.39 Å². The Labute approximate surface area is 803 Å². The molecule has 9 aliphatic rings. The zero-order valence-electron chi connectivity index (χ0n) is 95.1. The molecule has 9 aliphatic heterocycles. The van der Waals surface area contributed by atoms with Gasteiger partial charge in [0, 0.05) is 276 Å². The Morgan fingerprint density at radius 1 is 0.211 bits per heavy atom. The van der Waals surface area contributed by atoms with Crippen molar-refractivity contribution < 1.29 is 4.39 Å². The number of hydrogen-bond acceptors (Lipinski definition) is 18. The molecule has 0 unspecified atom stereocenters. The summed E-state index contributed by atoms with van der Waals surface area (Å²) >= 11 is 0. The molecule has 768 valence electrons. The Bertz CT molecular complexity index is 2560. The van der Waals surface area contributed by atoms with Crippen molar-refractivity contribution >= 4 is 0 Å². The van der Waals surface area contributed by atoms with E-state index < -0.39 is 6.17 Å². The predicted octanol–water partition coefficient (Wildman–Crippen LogP) is 19.8. The molecular formula is C109H235FN18. The number of alkyl halides is 1. The van der Waals surface area contributed by atoms with Gasteiger partial charge in [-0.2, -0.15) is 0 Å². The highest BCUT2D eigenvalue weighted by Crippen LogP contribution is 2.31. The average Bonchev–Trinajstić information content (AvgIpc) is 1.54. The molecule has 0 spiro atoms. The molecule has 0 bridgehead atoms. The van der Waals surface area contributed by atoms with Crippen LogP contribution in [0.5, 0.6) is 0 Å². The molecule has 6 atom stereocenters. The molecule has 9 rings (SSSR count). The molecule has 0 aromatic heterocycles. The van der Waals surface area contributed by atoms with Crippen LogP contribution in [-0.4, -0.2) is 436 Å². The van der Waals surface area contributed by atoms with E-state index in [1.807, 2.05) is 0 Å². The highest BCUT2D eigenvalue weighted by Gasteiger charge is 2.38. The number of hydrogen-bond donors (Lipinski definition) is 0. The maximum absolute atomic E-state index is 13.6. The van der Waals surface area contributed by atoms with Crippen LogP contribution in [-0.2, 0) is 0 Å². The van der Waals surface area contributed by atoms with E-state index in [-0.39, 0.29) is 0 Å². The van der Waals surface area contributed by atoms with E-state index in [1.165, 1.54) is 215 Å². The minimum absolute atomic E-state index is 0.363. The van der Waals surface area contributed by atoms with Crippen molar-refractivity contribution in [1.82, 2.24) is 88.2 Å². The van der Waals surface area contributed by atoms with Gasteiger partial charge in [-0.25, -0.2) is 4.39 Å². The molecule has 128 heavy (non-hydrogen) atoms. The lowest BCUT2D eigenvalue weighted by Gasteiger charge is -2.44. The second-order valence-corrected chi connectivity index (χ2v) is 47.1. The Balaban J connectivity index is 0.000000721. The maximum Gasteiger partial charge on any atom is 0.125 e. The van der Waals surface area contributed by atoms with E-state index in [1.54, 1.807) is 0 Å². The van der Waals surface area contributed by atoms with Gasteiger partial charge in [0.1, 0.15) is 6.17 Å². The van der Waals surface area contributed by atoms with Gasteiger partial charge in [-0.1, -0.05) is 48.5 Å². The van der Waals surface area contributed by atoms with Crippen LogP contribution < -0.4 is 0 Å². The van der Waals surface area contributed by atoms with Crippen molar-refractivity contribution in [1.29, 1.82) is 0 Å². The predicted molar refractivity (Wildman–Crippen MR) is 568 cm³/mol. The van der Waals surface area contributed by atoms with Crippen LogP contribution in [0, 0.1) is 11.3 Å². The lowest BCUT2D eigenvalue weighted by Crippen LogP contribution is -2.56. The summed E-state index contributed by atoms with van der Waals surface area (Å²) in [4.78, 5) is 46.4. The van der Waals surface area contributed by atoms with Crippen molar-refractivity contribution in [2.75, 3.05) is 196 Å². The molecular weight excluding hydrogens is 1580 g/mol. The summed E-state index contributed by atoms with van der Waals surface area (Å²) in [5, 5.41) is 0. The van der Waals surface area contributed by atoms with Crippen molar-refractivity contribution in [3.8, 4) is 0 Å². The fourth-order valence-electron chi connectivity index (χ4n) is 21.1. The van der Waals surface area contributed by atoms with Gasteiger partial charge in [0.2, 0.25) is 0 Å². The Kier molecular flexibility index (Phi) is 63.8. The monoisotopic (exact) mass is 1820 g/mol. The first kappa shape index (κ1) is 125. The van der Waals surface area contributed by atoms with Gasteiger partial charge in [0.15, 0.2) is 0 Å². The minimum atomic E-state index is -0.692. The Morgan fingerprint density at radius 2 is 0.414 bits per heavy atom. The highest BCUT2D eigenvalue weighted by molar-refractivity contribution is 4.93. The Morgan fingerprint density at radius 3 is 0.711 bits per heavy atom. The molecule has 9 heterocycles. The average molecular weight is 1820 g/mol. The van der Waals surface area contributed by atoms with Gasteiger partial charge in [0.25, 0.3) is 0 Å². The fraction of sp³-hybridized carbons (Fsp3) is 1.00. The van der Waals surface area contributed by atoms with Crippen LogP contribution in [0.3, 0.4) is 0 Å². The van der Waals surface area contributed by atoms with E-state index in [0.717, 1.165) is 55.3 Å². The third-order valence-electron chi connectivity index (χ3n) is 30.3. The summed E-state index contributed by atoms with van der Waals surface area (Å²) in [5.41, 5.74) is 0.363. The van der Waals surface area contributed by atoms with Gasteiger partial charge in [-0.15, -0.1) is 0 Å². The van der Waals surface area contributed by atoms with E-state index >= 15 is 0 Å². The zero-order valence-corrected chi connectivity index (χ0v) is 95.1. The summed E-state index contributed by atoms with van der Waals surface area (Å²) in [6, 6.07) is 16.4. The summed E-state index contributed by atoms with van der Waals surface area (Å²) in [5.74, 6) is 0.752. The zero-order chi connectivity index (χ0) is 98.1. The standard InChI is InChI=1S/C15H32N2.C14H30N2.C13H28N2.2C12H26N2.C11H23FN2.2C11H24N2.C10H22N2/c1-12(2)16-9-8-10-17(13(3)4)14(11-16)15(5,6)7;1-11(2)14-10-15(12(3)4)8-7-9-16(14)13(5)6;1-6-13-10-14(11(2)3)8-7-9-15(13)12(4)5;1-10(2)13-7-6-8-14(11(3)4)12(5)9-13;1-6-12-9-13(10(2)3)7-8-14(12)11(4)5;1-9(2)13-5-6-14(10(3)4)8-11(12)7-13;1-9(2)12-6-7-13(10(3)4)11(5)8-12;1-10(2)12-6-5-7-13(9-8-12)11(3)4;1-9(2)11-5-7-12(8-6-11)10(3)4/h12-14H,8-11H2,1-7H3;11-14H,7-10H2,1-6H3;11-13H,6-10H2,1-5H3;2*10-12H,6-9H2,1-5H3;9-11H,5-8H2,1-4H3;9-11H,6-8H2,1-5H3;10-11H,5-9H2,1-4H3;9-10H,5-8H2,1-4H3/t2*14-;13-;2*12-;;11-;;/m00111.1../s1. The molecule has 0 saturated carbocycles. The normalized spacial score (nSPS) is 25.3. The van der Waals surface area contributed by atoms with Crippen molar-refractivity contribution in [3.05, 3.63) is 0 Å². The first-order valence-electron chi connectivity index (χ1n) is 54.6. The molecule has 0 aromatic rings. The summed E-state index contributed by atoms with van der Waals surface area (Å²) in [6.45, 7) is 139. The fourth-order valence-corrected chi connectivity index (χ4v) is 21.1. The molecule has 18 nitrogen and oxygen atoms in total. The third kappa shape index (κ3) is 47.7. The van der Waals surface area contributed by atoms with Gasteiger partial charge < -0.3 is 0 Å². The number of rotatable bonds is 21.